The summed E-state index contributed by atoms with van der Waals surface area (Å²) >= 11 is 2.76. The lowest BCUT2D eigenvalue weighted by Crippen LogP contribution is -2.22. The third kappa shape index (κ3) is 5.65. The van der Waals surface area contributed by atoms with Gasteiger partial charge in [0.2, 0.25) is 11.0 Å². The van der Waals surface area contributed by atoms with Crippen LogP contribution in [-0.4, -0.2) is 27.1 Å². The number of nitrogens with zero attached hydrogens (tertiary/aromatic N) is 2. The van der Waals surface area contributed by atoms with E-state index in [-0.39, 0.29) is 16.9 Å². The van der Waals surface area contributed by atoms with Crippen LogP contribution in [0.4, 0.5) is 16.5 Å². The predicted molar refractivity (Wildman–Crippen MR) is 119 cm³/mol. The molecule has 2 aromatic carbocycles. The number of thioether (sulfide) groups is 1. The van der Waals surface area contributed by atoms with Gasteiger partial charge in [-0.15, -0.1) is 10.2 Å². The number of benzene rings is 2. The fraction of sp³-hybridized carbons (Fsp3) is 0.238. The largest absolute Gasteiger partial charge is 0.330 e. The molecule has 0 spiro atoms. The second-order valence-corrected chi connectivity index (χ2v) is 8.96. The van der Waals surface area contributed by atoms with E-state index in [0.717, 1.165) is 12.1 Å². The minimum absolute atomic E-state index is 0.0398. The van der Waals surface area contributed by atoms with Crippen molar-refractivity contribution < 1.29 is 9.59 Å². The highest BCUT2D eigenvalue weighted by Gasteiger charge is 2.18. The van der Waals surface area contributed by atoms with Gasteiger partial charge in [-0.3, -0.25) is 9.59 Å². The van der Waals surface area contributed by atoms with Crippen LogP contribution in [-0.2, 0) is 11.2 Å². The predicted octanol–water partition coefficient (Wildman–Crippen LogP) is 5.17. The van der Waals surface area contributed by atoms with Crippen molar-refractivity contribution in [3.63, 3.8) is 0 Å². The molecule has 0 saturated carbocycles. The summed E-state index contributed by atoms with van der Waals surface area (Å²) in [6.45, 7) is 5.42. The number of nitrogens with one attached hydrogen (secondary N) is 2. The molecular weight excluding hydrogens is 404 g/mol. The van der Waals surface area contributed by atoms with E-state index in [1.807, 2.05) is 25.1 Å². The topological polar surface area (TPSA) is 84.0 Å². The Hall–Kier alpha value is -2.71. The van der Waals surface area contributed by atoms with Gasteiger partial charge in [0.25, 0.3) is 0 Å². The minimum Gasteiger partial charge on any atom is -0.330 e. The standard InChI is InChI=1S/C21H22N4O2S2/c1-4-15-8-5-6-11-18(15)23-20-24-25-21(29-20)28-14(3)19(27)22-17-10-7-9-16(12-17)13(2)26/h5-12,14H,4H2,1-3H3,(H,22,27)(H,23,24)/t14-/m0/s1. The van der Waals surface area contributed by atoms with E-state index in [2.05, 4.69) is 33.8 Å². The molecule has 0 saturated heterocycles. The maximum atomic E-state index is 12.5. The Kier molecular flexibility index (Phi) is 7.00. The summed E-state index contributed by atoms with van der Waals surface area (Å²) in [4.78, 5) is 24.0. The third-order valence-corrected chi connectivity index (χ3v) is 6.25. The maximum absolute atomic E-state index is 12.5. The van der Waals surface area contributed by atoms with Crippen molar-refractivity contribution in [1.29, 1.82) is 0 Å². The lowest BCUT2D eigenvalue weighted by molar-refractivity contribution is -0.115. The Bertz CT molecular complexity index is 1020. The van der Waals surface area contributed by atoms with Crippen molar-refractivity contribution in [2.45, 2.75) is 36.8 Å². The van der Waals surface area contributed by atoms with Gasteiger partial charge in [0.15, 0.2) is 10.1 Å². The van der Waals surface area contributed by atoms with Gasteiger partial charge in [-0.25, -0.2) is 0 Å². The number of rotatable bonds is 8. The molecule has 3 aromatic rings. The number of hydrogen-bond acceptors (Lipinski definition) is 7. The second kappa shape index (κ2) is 9.67. The molecule has 6 nitrogen and oxygen atoms in total. The number of Topliss-reactive ketones (excluding diaryl/α,β-unsaturated/α-hetero) is 1. The van der Waals surface area contributed by atoms with Crippen molar-refractivity contribution in [3.05, 3.63) is 59.7 Å². The smallest absolute Gasteiger partial charge is 0.237 e. The molecule has 1 aromatic heterocycles. The van der Waals surface area contributed by atoms with Crippen LogP contribution in [0.1, 0.15) is 36.7 Å². The molecule has 0 bridgehead atoms. The summed E-state index contributed by atoms with van der Waals surface area (Å²) in [5, 5.41) is 14.8. The van der Waals surface area contributed by atoms with Gasteiger partial charge >= 0.3 is 0 Å². The Morgan fingerprint density at radius 2 is 1.93 bits per heavy atom. The van der Waals surface area contributed by atoms with E-state index in [1.54, 1.807) is 24.3 Å². The molecular formula is C21H22N4O2S2. The minimum atomic E-state index is -0.361. The van der Waals surface area contributed by atoms with Gasteiger partial charge in [0.05, 0.1) is 5.25 Å². The fourth-order valence-electron chi connectivity index (χ4n) is 2.64. The number of carbonyl (C=O) groups excluding carboxylic acids is 2. The molecule has 0 aliphatic carbocycles. The summed E-state index contributed by atoms with van der Waals surface area (Å²) in [7, 11) is 0. The molecule has 0 aliphatic heterocycles. The number of anilines is 3. The summed E-state index contributed by atoms with van der Waals surface area (Å²) in [6.07, 6.45) is 0.922. The average Bonchev–Trinajstić information content (AvgIpc) is 3.15. The zero-order valence-corrected chi connectivity index (χ0v) is 18.1. The fourth-order valence-corrected chi connectivity index (χ4v) is 4.55. The first-order valence-corrected chi connectivity index (χ1v) is 10.9. The van der Waals surface area contributed by atoms with E-state index in [4.69, 9.17) is 0 Å². The van der Waals surface area contributed by atoms with Crippen molar-refractivity contribution in [3.8, 4) is 0 Å². The Morgan fingerprint density at radius 1 is 1.14 bits per heavy atom. The highest BCUT2D eigenvalue weighted by Crippen LogP contribution is 2.31. The summed E-state index contributed by atoms with van der Waals surface area (Å²) < 4.78 is 0.710. The zero-order chi connectivity index (χ0) is 20.8. The number of aromatic nitrogens is 2. The molecule has 1 amide bonds. The van der Waals surface area contributed by atoms with Gasteiger partial charge in [-0.1, -0.05) is 60.4 Å². The van der Waals surface area contributed by atoms with Crippen molar-refractivity contribution in [2.75, 3.05) is 10.6 Å². The summed E-state index contributed by atoms with van der Waals surface area (Å²) in [5.74, 6) is -0.196. The number of para-hydroxylation sites is 1. The van der Waals surface area contributed by atoms with Crippen LogP contribution >= 0.6 is 23.1 Å². The van der Waals surface area contributed by atoms with E-state index in [9.17, 15) is 9.59 Å². The molecule has 150 valence electrons. The highest BCUT2D eigenvalue weighted by molar-refractivity contribution is 8.02. The average molecular weight is 427 g/mol. The number of carbonyl (C=O) groups is 2. The van der Waals surface area contributed by atoms with Crippen LogP contribution in [0.15, 0.2) is 52.9 Å². The number of aryl methyl sites for hydroxylation is 1. The molecule has 2 N–H and O–H groups in total. The van der Waals surface area contributed by atoms with Crippen molar-refractivity contribution in [1.82, 2.24) is 10.2 Å². The number of hydrogen-bond donors (Lipinski definition) is 2. The van der Waals surface area contributed by atoms with Crippen LogP contribution in [0.3, 0.4) is 0 Å². The van der Waals surface area contributed by atoms with E-state index in [1.165, 1.54) is 35.6 Å². The number of ketones is 1. The normalized spacial score (nSPS) is 11.7. The molecule has 0 unspecified atom stereocenters. The first-order chi connectivity index (χ1) is 14.0. The van der Waals surface area contributed by atoms with Gasteiger partial charge < -0.3 is 10.6 Å². The Balaban J connectivity index is 1.61. The van der Waals surface area contributed by atoms with E-state index >= 15 is 0 Å². The van der Waals surface area contributed by atoms with E-state index < -0.39 is 0 Å². The van der Waals surface area contributed by atoms with Crippen LogP contribution in [0.25, 0.3) is 0 Å². The van der Waals surface area contributed by atoms with Crippen molar-refractivity contribution >= 4 is 51.3 Å². The van der Waals surface area contributed by atoms with Crippen LogP contribution in [0.2, 0.25) is 0 Å². The summed E-state index contributed by atoms with van der Waals surface area (Å²) in [6, 6.07) is 15.0. The monoisotopic (exact) mass is 426 g/mol. The Labute approximate surface area is 178 Å². The zero-order valence-electron chi connectivity index (χ0n) is 16.4. The third-order valence-electron chi connectivity index (χ3n) is 4.23. The van der Waals surface area contributed by atoms with Crippen LogP contribution in [0, 0.1) is 0 Å². The van der Waals surface area contributed by atoms with Gasteiger partial charge in [-0.05, 0) is 44.0 Å². The molecule has 3 rings (SSSR count). The quantitative estimate of drug-likeness (QED) is 0.382. The SMILES string of the molecule is CCc1ccccc1Nc1nnc(S[C@@H](C)C(=O)Nc2cccc(C(C)=O)c2)s1. The molecule has 0 fully saturated rings. The lowest BCUT2D eigenvalue weighted by Gasteiger charge is -2.11. The molecule has 29 heavy (non-hydrogen) atoms. The van der Waals surface area contributed by atoms with Gasteiger partial charge in [0.1, 0.15) is 0 Å². The van der Waals surface area contributed by atoms with E-state index in [0.29, 0.717) is 20.7 Å². The molecule has 8 heteroatoms. The first-order valence-electron chi connectivity index (χ1n) is 9.23. The molecule has 1 heterocycles. The van der Waals surface area contributed by atoms with Crippen LogP contribution in [0.5, 0.6) is 0 Å². The van der Waals surface area contributed by atoms with Gasteiger partial charge in [0, 0.05) is 16.9 Å². The second-order valence-electron chi connectivity index (χ2n) is 6.40. The van der Waals surface area contributed by atoms with Gasteiger partial charge in [-0.2, -0.15) is 0 Å². The lowest BCUT2D eigenvalue weighted by atomic mass is 10.1. The number of amides is 1. The molecule has 1 atom stereocenters. The maximum Gasteiger partial charge on any atom is 0.237 e. The summed E-state index contributed by atoms with van der Waals surface area (Å²) in [5.41, 5.74) is 3.39. The van der Waals surface area contributed by atoms with Crippen molar-refractivity contribution in [2.24, 2.45) is 0 Å². The molecule has 0 aliphatic rings. The molecule has 0 radical (unpaired) electrons. The van der Waals surface area contributed by atoms with Crippen LogP contribution < -0.4 is 10.6 Å². The first kappa shape index (κ1) is 21.0. The highest BCUT2D eigenvalue weighted by atomic mass is 32.2. The Morgan fingerprint density at radius 3 is 2.69 bits per heavy atom.